The van der Waals surface area contributed by atoms with Gasteiger partial charge in [0.2, 0.25) is 5.91 Å². The van der Waals surface area contributed by atoms with Gasteiger partial charge in [0.25, 0.3) is 0 Å². The molecule has 0 saturated carbocycles. The number of likely N-dealkylation sites (N-methyl/N-ethyl adjacent to an activating group) is 1. The molecule has 0 spiro atoms. The maximum absolute atomic E-state index is 10.8. The van der Waals surface area contributed by atoms with Crippen LogP contribution >= 0.6 is 0 Å². The molecule has 2 aromatic rings. The van der Waals surface area contributed by atoms with E-state index in [-0.39, 0.29) is 68.9 Å². The van der Waals surface area contributed by atoms with Crippen LogP contribution in [0.1, 0.15) is 45.0 Å². The van der Waals surface area contributed by atoms with Crippen molar-refractivity contribution in [3.8, 4) is 0 Å². The Labute approximate surface area is 320 Å². The molecule has 0 saturated heterocycles. The van der Waals surface area contributed by atoms with Crippen molar-refractivity contribution in [1.82, 2.24) is 29.4 Å². The zero-order valence-corrected chi connectivity index (χ0v) is 33.6. The number of esters is 4. The summed E-state index contributed by atoms with van der Waals surface area (Å²) in [6.07, 6.45) is 7.75. The van der Waals surface area contributed by atoms with Crippen LogP contribution in [0.2, 0.25) is 0 Å². The topological polar surface area (TPSA) is 253 Å². The summed E-state index contributed by atoms with van der Waals surface area (Å²) >= 11 is 0. The van der Waals surface area contributed by atoms with E-state index in [1.165, 1.54) is 47.2 Å². The van der Waals surface area contributed by atoms with Crippen LogP contribution in [-0.4, -0.2) is 159 Å². The summed E-state index contributed by atoms with van der Waals surface area (Å²) in [5.74, 6) is -1.83. The van der Waals surface area contributed by atoms with E-state index in [9.17, 15) is 38.4 Å². The molecule has 21 nitrogen and oxygen atoms in total. The van der Waals surface area contributed by atoms with E-state index in [1.54, 1.807) is 45.3 Å². The highest BCUT2D eigenvalue weighted by Crippen LogP contribution is 1.99. The number of nitrogens with zero attached hydrogens (tertiary/aromatic N) is 6. The lowest BCUT2D eigenvalue weighted by molar-refractivity contribution is -0.152. The SMILES string of the molecule is CC(=O)CCc1cn(C)cn1.CC(=O)COCC(=O)N(C)C.COC(=O)CCc1cn(C)nn1.COC(=O)COCC(=O)OC.COC(=O)COCC(C)=O. The summed E-state index contributed by atoms with van der Waals surface area (Å²) in [6.45, 7) is 3.74. The minimum Gasteiger partial charge on any atom is -0.469 e. The Kier molecular flexibility index (Phi) is 33.7. The molecule has 0 bridgehead atoms. The first-order valence-electron chi connectivity index (χ1n) is 16.3. The highest BCUT2D eigenvalue weighted by atomic mass is 16.6. The zero-order valence-electron chi connectivity index (χ0n) is 33.6. The Morgan fingerprint density at radius 1 is 0.582 bits per heavy atom. The van der Waals surface area contributed by atoms with E-state index in [4.69, 9.17) is 4.74 Å². The van der Waals surface area contributed by atoms with Gasteiger partial charge in [0.15, 0.2) is 11.6 Å². The molecule has 2 aromatic heterocycles. The number of imidazole rings is 1. The number of hydrogen-bond donors (Lipinski definition) is 0. The monoisotopic (exact) mass is 788 g/mol. The summed E-state index contributed by atoms with van der Waals surface area (Å²) in [6, 6.07) is 0. The Hall–Kier alpha value is -5.41. The van der Waals surface area contributed by atoms with Crippen LogP contribution in [-0.2, 0) is 98.5 Å². The smallest absolute Gasteiger partial charge is 0.331 e. The van der Waals surface area contributed by atoms with Gasteiger partial charge in [-0.2, -0.15) is 0 Å². The molecule has 0 fully saturated rings. The fourth-order valence-corrected chi connectivity index (χ4v) is 2.83. The van der Waals surface area contributed by atoms with E-state index < -0.39 is 17.9 Å². The van der Waals surface area contributed by atoms with Crippen LogP contribution in [0.15, 0.2) is 18.7 Å². The normalized spacial score (nSPS) is 9.44. The summed E-state index contributed by atoms with van der Waals surface area (Å²) in [7, 11) is 12.1. The summed E-state index contributed by atoms with van der Waals surface area (Å²) < 4.78 is 34.7. The second-order valence-electron chi connectivity index (χ2n) is 11.1. The maximum atomic E-state index is 10.8. The molecule has 312 valence electrons. The van der Waals surface area contributed by atoms with Crippen molar-refractivity contribution in [2.24, 2.45) is 14.1 Å². The average Bonchev–Trinajstić information content (AvgIpc) is 3.76. The number of aromatic nitrogens is 5. The molecule has 0 radical (unpaired) electrons. The molecular weight excluding hydrogens is 732 g/mol. The van der Waals surface area contributed by atoms with Crippen molar-refractivity contribution in [1.29, 1.82) is 0 Å². The second-order valence-corrected chi connectivity index (χ2v) is 11.1. The van der Waals surface area contributed by atoms with Crippen LogP contribution in [0, 0.1) is 0 Å². The number of Topliss-reactive ketones (excluding diaryl/α,β-unsaturated/α-hetero) is 3. The van der Waals surface area contributed by atoms with Crippen LogP contribution in [0.5, 0.6) is 0 Å². The predicted molar refractivity (Wildman–Crippen MR) is 192 cm³/mol. The number of rotatable bonds is 18. The van der Waals surface area contributed by atoms with Gasteiger partial charge >= 0.3 is 23.9 Å². The van der Waals surface area contributed by atoms with Crippen molar-refractivity contribution in [3.63, 3.8) is 0 Å². The van der Waals surface area contributed by atoms with Gasteiger partial charge in [-0.05, 0) is 27.2 Å². The number of ketones is 3. The molecule has 0 aliphatic heterocycles. The van der Waals surface area contributed by atoms with Crippen LogP contribution in [0.3, 0.4) is 0 Å². The summed E-state index contributed by atoms with van der Waals surface area (Å²) in [5, 5.41) is 7.56. The molecule has 2 heterocycles. The number of carbonyl (C=O) groups excluding carboxylic acids is 8. The molecule has 0 aliphatic carbocycles. The van der Waals surface area contributed by atoms with Gasteiger partial charge in [-0.25, -0.2) is 19.4 Å². The fraction of sp³-hybridized carbons (Fsp3) is 0.618. The number of carbonyl (C=O) groups is 8. The van der Waals surface area contributed by atoms with Crippen molar-refractivity contribution >= 4 is 47.1 Å². The molecule has 21 heteroatoms. The number of aryl methyl sites for hydroxylation is 4. The number of ether oxygens (including phenoxy) is 7. The van der Waals surface area contributed by atoms with Gasteiger partial charge in [-0.1, -0.05) is 5.21 Å². The van der Waals surface area contributed by atoms with Gasteiger partial charge in [0.1, 0.15) is 45.4 Å². The molecular formula is C34H56N6O15. The Morgan fingerprint density at radius 3 is 1.36 bits per heavy atom. The molecule has 0 atom stereocenters. The van der Waals surface area contributed by atoms with E-state index in [0.717, 1.165) is 17.8 Å². The number of hydrogen-bond acceptors (Lipinski definition) is 18. The predicted octanol–water partition coefficient (Wildman–Crippen LogP) is -0.343. The molecule has 0 unspecified atom stereocenters. The molecule has 1 amide bonds. The van der Waals surface area contributed by atoms with Gasteiger partial charge in [0, 0.05) is 53.4 Å². The minimum atomic E-state index is -0.520. The Balaban J connectivity index is -0.000000615. The first kappa shape index (κ1) is 53.9. The average molecular weight is 789 g/mol. The van der Waals surface area contributed by atoms with E-state index in [0.29, 0.717) is 19.3 Å². The van der Waals surface area contributed by atoms with Gasteiger partial charge < -0.3 is 47.4 Å². The van der Waals surface area contributed by atoms with Crippen molar-refractivity contribution in [2.75, 3.05) is 82.2 Å². The van der Waals surface area contributed by atoms with Gasteiger partial charge in [-0.3, -0.25) is 23.9 Å². The second kappa shape index (κ2) is 34.4. The highest BCUT2D eigenvalue weighted by molar-refractivity contribution is 5.79. The fourth-order valence-electron chi connectivity index (χ4n) is 2.83. The lowest BCUT2D eigenvalue weighted by atomic mass is 10.2. The first-order chi connectivity index (χ1) is 25.8. The molecule has 0 aliphatic rings. The quantitative estimate of drug-likeness (QED) is 0.138. The summed E-state index contributed by atoms with van der Waals surface area (Å²) in [4.78, 5) is 89.3. The molecule has 0 N–H and O–H groups in total. The van der Waals surface area contributed by atoms with E-state index in [1.807, 2.05) is 17.8 Å². The van der Waals surface area contributed by atoms with Crippen LogP contribution in [0.25, 0.3) is 0 Å². The first-order valence-corrected chi connectivity index (χ1v) is 16.3. The number of amides is 1. The lowest BCUT2D eigenvalue weighted by Crippen LogP contribution is -2.27. The standard InChI is InChI=1S/C8H12N2O.C7H11N3O2.C7H13NO3.C6H10O5.C6H10O4/c1-7(11)3-4-8-5-10(2)6-9-8;1-10-5-6(8-9-10)3-4-7(11)12-2;1-6(9)4-11-5-7(10)8(2)3;1-9-5(7)3-11-4-6(8)10-2;1-5(7)3-10-4-6(8)9-2/h5-6H,3-4H2,1-2H3;5H,3-4H2,1-2H3;4-5H2,1-3H3;3-4H2,1-2H3;3-4H2,1-2H3. The summed E-state index contributed by atoms with van der Waals surface area (Å²) in [5.41, 5.74) is 1.80. The van der Waals surface area contributed by atoms with E-state index in [2.05, 4.69) is 43.7 Å². The highest BCUT2D eigenvalue weighted by Gasteiger charge is 2.05. The third kappa shape index (κ3) is 38.1. The van der Waals surface area contributed by atoms with Crippen molar-refractivity contribution in [3.05, 3.63) is 30.1 Å². The van der Waals surface area contributed by atoms with E-state index >= 15 is 0 Å². The Morgan fingerprint density at radius 2 is 1.02 bits per heavy atom. The van der Waals surface area contributed by atoms with Crippen molar-refractivity contribution < 1.29 is 71.5 Å². The number of methoxy groups -OCH3 is 4. The van der Waals surface area contributed by atoms with Gasteiger partial charge in [-0.15, -0.1) is 5.10 Å². The molecule has 0 aromatic carbocycles. The zero-order chi connectivity index (χ0) is 42.8. The maximum Gasteiger partial charge on any atom is 0.331 e. The van der Waals surface area contributed by atoms with Crippen LogP contribution < -0.4 is 0 Å². The largest absolute Gasteiger partial charge is 0.469 e. The lowest BCUT2D eigenvalue weighted by Gasteiger charge is -2.09. The molecule has 55 heavy (non-hydrogen) atoms. The third-order valence-corrected chi connectivity index (χ3v) is 5.63. The van der Waals surface area contributed by atoms with Crippen molar-refractivity contribution in [2.45, 2.75) is 46.5 Å². The van der Waals surface area contributed by atoms with Crippen LogP contribution in [0.4, 0.5) is 0 Å². The Bertz CT molecular complexity index is 1420. The third-order valence-electron chi connectivity index (χ3n) is 5.63. The molecule has 2 rings (SSSR count). The van der Waals surface area contributed by atoms with Gasteiger partial charge in [0.05, 0.1) is 52.6 Å². The minimum absolute atomic E-state index is 0.0135.